The predicted octanol–water partition coefficient (Wildman–Crippen LogP) is 4.56. The summed E-state index contributed by atoms with van der Waals surface area (Å²) in [5.74, 6) is -2.29. The molecule has 0 saturated heterocycles. The highest BCUT2D eigenvalue weighted by Crippen LogP contribution is 2.19. The van der Waals surface area contributed by atoms with Crippen LogP contribution < -0.4 is 10.9 Å². The molecule has 3 rings (SSSR count). The summed E-state index contributed by atoms with van der Waals surface area (Å²) in [4.78, 5) is 37.5. The van der Waals surface area contributed by atoms with Crippen molar-refractivity contribution in [2.24, 2.45) is 0 Å². The lowest BCUT2D eigenvalue weighted by molar-refractivity contribution is -0.119. The summed E-state index contributed by atoms with van der Waals surface area (Å²) in [6.45, 7) is 1.82. The van der Waals surface area contributed by atoms with Gasteiger partial charge in [-0.25, -0.2) is 13.9 Å². The molecular formula is C23H23ClFN3O4. The SMILES string of the molecule is CCCCCCn1nc(C(=O)OCC(=O)Nc2ccc(Cl)cc2F)c2ccccc2c1=O. The molecule has 0 aliphatic carbocycles. The van der Waals surface area contributed by atoms with Crippen molar-refractivity contribution in [2.45, 2.75) is 39.2 Å². The van der Waals surface area contributed by atoms with Crippen molar-refractivity contribution in [1.29, 1.82) is 0 Å². The number of aromatic nitrogens is 2. The number of anilines is 1. The normalized spacial score (nSPS) is 10.8. The Hall–Kier alpha value is -3.26. The number of halogens is 2. The first kappa shape index (κ1) is 23.4. The fourth-order valence-corrected chi connectivity index (χ4v) is 3.36. The monoisotopic (exact) mass is 459 g/mol. The van der Waals surface area contributed by atoms with Crippen LogP contribution in [0.1, 0.15) is 43.1 Å². The number of nitrogens with zero attached hydrogens (tertiary/aromatic N) is 2. The maximum Gasteiger partial charge on any atom is 0.359 e. The lowest BCUT2D eigenvalue weighted by Gasteiger charge is -2.11. The number of carbonyl (C=O) groups is 2. The van der Waals surface area contributed by atoms with Crippen LogP contribution in [0.25, 0.3) is 10.8 Å². The van der Waals surface area contributed by atoms with Gasteiger partial charge in [-0.05, 0) is 30.7 Å². The van der Waals surface area contributed by atoms with E-state index in [0.29, 0.717) is 17.3 Å². The molecule has 168 valence electrons. The van der Waals surface area contributed by atoms with E-state index >= 15 is 0 Å². The van der Waals surface area contributed by atoms with E-state index in [2.05, 4.69) is 17.3 Å². The molecule has 0 unspecified atom stereocenters. The zero-order chi connectivity index (χ0) is 23.1. The number of fused-ring (bicyclic) bond motifs is 1. The van der Waals surface area contributed by atoms with Crippen LogP contribution in [0.2, 0.25) is 5.02 Å². The summed E-state index contributed by atoms with van der Waals surface area (Å²) in [6.07, 6.45) is 3.79. The van der Waals surface area contributed by atoms with Gasteiger partial charge in [-0.3, -0.25) is 9.59 Å². The van der Waals surface area contributed by atoms with Crippen LogP contribution in [-0.4, -0.2) is 28.3 Å². The number of esters is 1. The van der Waals surface area contributed by atoms with Crippen LogP contribution in [0.15, 0.2) is 47.3 Å². The number of carbonyl (C=O) groups excluding carboxylic acids is 2. The van der Waals surface area contributed by atoms with Crippen LogP contribution in [0.3, 0.4) is 0 Å². The fraction of sp³-hybridized carbons (Fsp3) is 0.304. The highest BCUT2D eigenvalue weighted by molar-refractivity contribution is 6.30. The second-order valence-electron chi connectivity index (χ2n) is 7.23. The number of nitrogens with one attached hydrogen (secondary N) is 1. The average molecular weight is 460 g/mol. The quantitative estimate of drug-likeness (QED) is 0.374. The Kier molecular flexibility index (Phi) is 7.94. The number of hydrogen-bond acceptors (Lipinski definition) is 5. The molecule has 1 N–H and O–H groups in total. The number of ether oxygens (including phenoxy) is 1. The first-order valence-corrected chi connectivity index (χ1v) is 10.7. The highest BCUT2D eigenvalue weighted by Gasteiger charge is 2.19. The van der Waals surface area contributed by atoms with Gasteiger partial charge in [-0.15, -0.1) is 0 Å². The summed E-state index contributed by atoms with van der Waals surface area (Å²) in [7, 11) is 0. The van der Waals surface area contributed by atoms with Crippen molar-refractivity contribution in [3.05, 3.63) is 69.4 Å². The zero-order valence-corrected chi connectivity index (χ0v) is 18.3. The number of rotatable bonds is 9. The third-order valence-corrected chi connectivity index (χ3v) is 5.06. The minimum atomic E-state index is -0.852. The average Bonchev–Trinajstić information content (AvgIpc) is 2.78. The third kappa shape index (κ3) is 5.70. The van der Waals surface area contributed by atoms with E-state index in [1.165, 1.54) is 16.8 Å². The van der Waals surface area contributed by atoms with Crippen molar-refractivity contribution in [1.82, 2.24) is 9.78 Å². The Morgan fingerprint density at radius 3 is 2.59 bits per heavy atom. The molecule has 3 aromatic rings. The maximum atomic E-state index is 13.8. The summed E-state index contributed by atoms with van der Waals surface area (Å²) in [5.41, 5.74) is -0.426. The molecule has 0 atom stereocenters. The molecule has 9 heteroatoms. The van der Waals surface area contributed by atoms with E-state index in [1.807, 2.05) is 0 Å². The van der Waals surface area contributed by atoms with Crippen molar-refractivity contribution < 1.29 is 18.7 Å². The number of aryl methyl sites for hydroxylation is 1. The molecule has 1 amide bonds. The van der Waals surface area contributed by atoms with Crippen molar-refractivity contribution >= 4 is 39.9 Å². The van der Waals surface area contributed by atoms with Gasteiger partial charge in [0.1, 0.15) is 5.82 Å². The Bertz CT molecular complexity index is 1200. The van der Waals surface area contributed by atoms with Gasteiger partial charge in [0.15, 0.2) is 12.3 Å². The Morgan fingerprint density at radius 2 is 1.88 bits per heavy atom. The molecule has 7 nitrogen and oxygen atoms in total. The van der Waals surface area contributed by atoms with Crippen molar-refractivity contribution in [3.8, 4) is 0 Å². The molecule has 0 saturated carbocycles. The minimum Gasteiger partial charge on any atom is -0.451 e. The molecule has 0 aliphatic heterocycles. The van der Waals surface area contributed by atoms with E-state index < -0.39 is 24.3 Å². The lowest BCUT2D eigenvalue weighted by Crippen LogP contribution is -2.28. The molecule has 0 bridgehead atoms. The number of amides is 1. The Labute approximate surface area is 189 Å². The lowest BCUT2D eigenvalue weighted by atomic mass is 10.1. The molecule has 32 heavy (non-hydrogen) atoms. The molecule has 1 heterocycles. The largest absolute Gasteiger partial charge is 0.451 e. The van der Waals surface area contributed by atoms with Crippen molar-refractivity contribution in [3.63, 3.8) is 0 Å². The molecule has 0 aliphatic rings. The minimum absolute atomic E-state index is 0.0545. The standard InChI is InChI=1S/C23H23ClFN3O4/c1-2-3-4-7-12-28-22(30)17-9-6-5-8-16(17)21(27-28)23(31)32-14-20(29)26-19-11-10-15(24)13-18(19)25/h5-6,8-11,13H,2-4,7,12,14H2,1H3,(H,26,29). The van der Waals surface area contributed by atoms with E-state index in [9.17, 15) is 18.8 Å². The highest BCUT2D eigenvalue weighted by atomic mass is 35.5. The Balaban J connectivity index is 1.75. The summed E-state index contributed by atoms with van der Waals surface area (Å²) in [6, 6.07) is 10.4. The first-order chi connectivity index (χ1) is 15.4. The van der Waals surface area contributed by atoms with Crippen LogP contribution in [-0.2, 0) is 16.1 Å². The maximum absolute atomic E-state index is 13.8. The number of benzene rings is 2. The van der Waals surface area contributed by atoms with Gasteiger partial charge in [0.2, 0.25) is 0 Å². The van der Waals surface area contributed by atoms with E-state index in [1.54, 1.807) is 24.3 Å². The molecule has 0 spiro atoms. The van der Waals surface area contributed by atoms with Gasteiger partial charge in [0.05, 0.1) is 11.1 Å². The second-order valence-corrected chi connectivity index (χ2v) is 7.67. The molecular weight excluding hydrogens is 437 g/mol. The van der Waals surface area contributed by atoms with Crippen LogP contribution in [0.4, 0.5) is 10.1 Å². The smallest absolute Gasteiger partial charge is 0.359 e. The second kappa shape index (κ2) is 10.9. The fourth-order valence-electron chi connectivity index (χ4n) is 3.20. The molecule has 1 aromatic heterocycles. The topological polar surface area (TPSA) is 90.3 Å². The van der Waals surface area contributed by atoms with E-state index in [0.717, 1.165) is 31.7 Å². The van der Waals surface area contributed by atoms with E-state index in [-0.39, 0.29) is 22.0 Å². The molecule has 0 fully saturated rings. The molecule has 0 radical (unpaired) electrons. The van der Waals surface area contributed by atoms with Crippen molar-refractivity contribution in [2.75, 3.05) is 11.9 Å². The predicted molar refractivity (Wildman–Crippen MR) is 120 cm³/mol. The zero-order valence-electron chi connectivity index (χ0n) is 17.6. The van der Waals surface area contributed by atoms with Gasteiger partial charge >= 0.3 is 5.97 Å². The summed E-state index contributed by atoms with van der Waals surface area (Å²) < 4.78 is 20.2. The van der Waals surface area contributed by atoms with Gasteiger partial charge in [-0.2, -0.15) is 5.10 Å². The summed E-state index contributed by atoms with van der Waals surface area (Å²) >= 11 is 5.69. The summed E-state index contributed by atoms with van der Waals surface area (Å²) in [5, 5.41) is 7.40. The van der Waals surface area contributed by atoms with Gasteiger partial charge in [0.25, 0.3) is 11.5 Å². The first-order valence-electron chi connectivity index (χ1n) is 10.3. The van der Waals surface area contributed by atoms with Gasteiger partial charge in [-0.1, -0.05) is 56.0 Å². The van der Waals surface area contributed by atoms with Crippen LogP contribution in [0, 0.1) is 5.82 Å². The third-order valence-electron chi connectivity index (χ3n) is 4.82. The number of unbranched alkanes of at least 4 members (excludes halogenated alkanes) is 3. The number of hydrogen-bond donors (Lipinski definition) is 1. The van der Waals surface area contributed by atoms with E-state index in [4.69, 9.17) is 16.3 Å². The molecule has 2 aromatic carbocycles. The van der Waals surface area contributed by atoms with Crippen LogP contribution in [0.5, 0.6) is 0 Å². The Morgan fingerprint density at radius 1 is 1.12 bits per heavy atom. The van der Waals surface area contributed by atoms with Gasteiger partial charge < -0.3 is 10.1 Å². The van der Waals surface area contributed by atoms with Gasteiger partial charge in [0, 0.05) is 17.0 Å². The van der Waals surface area contributed by atoms with Crippen LogP contribution >= 0.6 is 11.6 Å².